The van der Waals surface area contributed by atoms with E-state index in [1.54, 1.807) is 19.1 Å². The Hall–Kier alpha value is -2.44. The van der Waals surface area contributed by atoms with E-state index in [0.717, 1.165) is 5.56 Å². The van der Waals surface area contributed by atoms with Gasteiger partial charge in [-0.3, -0.25) is 4.79 Å². The van der Waals surface area contributed by atoms with Crippen molar-refractivity contribution in [2.75, 3.05) is 27.3 Å². The highest BCUT2D eigenvalue weighted by atomic mass is 16.5. The van der Waals surface area contributed by atoms with E-state index in [-0.39, 0.29) is 23.9 Å². The lowest BCUT2D eigenvalue weighted by molar-refractivity contribution is -0.123. The first-order valence-corrected chi connectivity index (χ1v) is 8.03. The second kappa shape index (κ2) is 7.90. The second-order valence-electron chi connectivity index (χ2n) is 5.94. The van der Waals surface area contributed by atoms with Crippen LogP contribution in [0.5, 0.6) is 11.5 Å². The predicted octanol–water partition coefficient (Wildman–Crippen LogP) is 1.67. The number of hydrogen-bond acceptors (Lipinski definition) is 4. The number of benzene rings is 1. The summed E-state index contributed by atoms with van der Waals surface area (Å²) in [5.41, 5.74) is 6.17. The van der Waals surface area contributed by atoms with Gasteiger partial charge in [0.1, 0.15) is 11.5 Å². The molecule has 0 aromatic heterocycles. The molecule has 2 rings (SSSR count). The number of piperidine rings is 1. The van der Waals surface area contributed by atoms with Crippen LogP contribution in [-0.4, -0.2) is 44.1 Å². The Morgan fingerprint density at radius 1 is 1.25 bits per heavy atom. The Balaban J connectivity index is 2.00. The van der Waals surface area contributed by atoms with Crippen molar-refractivity contribution >= 4 is 11.9 Å². The summed E-state index contributed by atoms with van der Waals surface area (Å²) in [6.45, 7) is 2.95. The van der Waals surface area contributed by atoms with Crippen LogP contribution >= 0.6 is 0 Å². The summed E-state index contributed by atoms with van der Waals surface area (Å²) < 4.78 is 10.6. The third-order valence-electron chi connectivity index (χ3n) is 4.43. The summed E-state index contributed by atoms with van der Waals surface area (Å²) in [7, 11) is 3.19. The van der Waals surface area contributed by atoms with Crippen molar-refractivity contribution in [2.45, 2.75) is 25.8 Å². The molecule has 0 spiro atoms. The molecule has 0 radical (unpaired) electrons. The first-order valence-electron chi connectivity index (χ1n) is 8.03. The molecule has 24 heavy (non-hydrogen) atoms. The second-order valence-corrected chi connectivity index (χ2v) is 5.94. The van der Waals surface area contributed by atoms with Crippen molar-refractivity contribution in [3.8, 4) is 11.5 Å². The number of carbonyl (C=O) groups excluding carboxylic acids is 2. The number of nitrogens with two attached hydrogens (primary N) is 1. The van der Waals surface area contributed by atoms with Gasteiger partial charge in [0.05, 0.1) is 20.3 Å². The molecule has 1 aliphatic heterocycles. The normalized spacial score (nSPS) is 16.4. The fourth-order valence-corrected chi connectivity index (χ4v) is 2.90. The maximum absolute atomic E-state index is 12.4. The van der Waals surface area contributed by atoms with E-state index in [0.29, 0.717) is 37.4 Å². The van der Waals surface area contributed by atoms with Crippen LogP contribution in [0.15, 0.2) is 18.2 Å². The number of nitrogens with one attached hydrogen (secondary N) is 1. The molecule has 1 aromatic rings. The number of urea groups is 1. The molecule has 0 bridgehead atoms. The number of ether oxygens (including phenoxy) is 2. The van der Waals surface area contributed by atoms with Crippen LogP contribution in [-0.2, 0) is 4.79 Å². The van der Waals surface area contributed by atoms with Crippen LogP contribution in [0, 0.1) is 5.92 Å². The molecule has 7 nitrogen and oxygen atoms in total. The highest BCUT2D eigenvalue weighted by Gasteiger charge is 2.27. The van der Waals surface area contributed by atoms with E-state index in [4.69, 9.17) is 15.2 Å². The Morgan fingerprint density at radius 2 is 1.92 bits per heavy atom. The summed E-state index contributed by atoms with van der Waals surface area (Å²) in [5, 5.41) is 2.97. The lowest BCUT2D eigenvalue weighted by Gasteiger charge is -2.31. The summed E-state index contributed by atoms with van der Waals surface area (Å²) >= 11 is 0. The number of nitrogens with zero attached hydrogens (tertiary/aromatic N) is 1. The molecule has 0 aliphatic carbocycles. The van der Waals surface area contributed by atoms with Gasteiger partial charge in [0.25, 0.3) is 0 Å². The summed E-state index contributed by atoms with van der Waals surface area (Å²) in [6, 6.07) is 5.08. The monoisotopic (exact) mass is 335 g/mol. The quantitative estimate of drug-likeness (QED) is 0.856. The maximum atomic E-state index is 12.4. The van der Waals surface area contributed by atoms with Crippen LogP contribution in [0.1, 0.15) is 31.4 Å². The smallest absolute Gasteiger partial charge is 0.317 e. The lowest BCUT2D eigenvalue weighted by atomic mass is 9.96. The van der Waals surface area contributed by atoms with Crippen molar-refractivity contribution in [1.29, 1.82) is 0 Å². The molecule has 1 aliphatic rings. The summed E-state index contributed by atoms with van der Waals surface area (Å²) in [4.78, 5) is 25.4. The molecule has 1 aromatic carbocycles. The van der Waals surface area contributed by atoms with Crippen molar-refractivity contribution in [1.82, 2.24) is 10.2 Å². The maximum Gasteiger partial charge on any atom is 0.317 e. The Labute approximate surface area is 142 Å². The third-order valence-corrected chi connectivity index (χ3v) is 4.43. The Kier molecular flexibility index (Phi) is 5.89. The van der Waals surface area contributed by atoms with Gasteiger partial charge in [0, 0.05) is 24.6 Å². The molecule has 1 heterocycles. The molecular weight excluding hydrogens is 310 g/mol. The van der Waals surface area contributed by atoms with Crippen molar-refractivity contribution in [2.24, 2.45) is 11.7 Å². The largest absolute Gasteiger partial charge is 0.497 e. The first kappa shape index (κ1) is 17.9. The molecule has 1 atom stereocenters. The van der Waals surface area contributed by atoms with E-state index >= 15 is 0 Å². The fourth-order valence-electron chi connectivity index (χ4n) is 2.90. The van der Waals surface area contributed by atoms with E-state index in [9.17, 15) is 9.59 Å². The molecule has 0 saturated carbocycles. The van der Waals surface area contributed by atoms with Crippen molar-refractivity contribution in [3.63, 3.8) is 0 Å². The van der Waals surface area contributed by atoms with Crippen LogP contribution in [0.25, 0.3) is 0 Å². The van der Waals surface area contributed by atoms with Gasteiger partial charge in [-0.25, -0.2) is 4.79 Å². The van der Waals surface area contributed by atoms with E-state index in [1.165, 1.54) is 0 Å². The average Bonchev–Trinajstić information content (AvgIpc) is 2.60. The van der Waals surface area contributed by atoms with Crippen LogP contribution < -0.4 is 20.5 Å². The highest BCUT2D eigenvalue weighted by molar-refractivity contribution is 5.78. The van der Waals surface area contributed by atoms with Crippen molar-refractivity contribution < 1.29 is 19.1 Å². The minimum Gasteiger partial charge on any atom is -0.497 e. The number of hydrogen-bond donors (Lipinski definition) is 2. The third kappa shape index (κ3) is 4.10. The Morgan fingerprint density at radius 3 is 2.46 bits per heavy atom. The average molecular weight is 335 g/mol. The zero-order valence-electron chi connectivity index (χ0n) is 14.4. The van der Waals surface area contributed by atoms with Gasteiger partial charge in [-0.1, -0.05) is 0 Å². The van der Waals surface area contributed by atoms with Gasteiger partial charge in [0.15, 0.2) is 0 Å². The molecule has 0 unspecified atom stereocenters. The minimum atomic E-state index is -0.287. The fraction of sp³-hybridized carbons (Fsp3) is 0.529. The SMILES string of the molecule is COc1ccc(OC)c([C@H](C)NC(=O)N2CCC(C(N)=O)CC2)c1. The molecule has 132 valence electrons. The number of amides is 3. The van der Waals surface area contributed by atoms with Gasteiger partial charge in [-0.2, -0.15) is 0 Å². The molecule has 3 N–H and O–H groups in total. The zero-order valence-corrected chi connectivity index (χ0v) is 14.4. The number of carbonyl (C=O) groups is 2. The standard InChI is InChI=1S/C17H25N3O4/c1-11(14-10-13(23-2)4-5-15(14)24-3)19-17(22)20-8-6-12(7-9-20)16(18)21/h4-5,10-12H,6-9H2,1-3H3,(H2,18,21)(H,19,22)/t11-/m0/s1. The predicted molar refractivity (Wildman–Crippen MR) is 90.0 cm³/mol. The summed E-state index contributed by atoms with van der Waals surface area (Å²) in [6.07, 6.45) is 1.22. The number of primary amides is 1. The molecular formula is C17H25N3O4. The first-order chi connectivity index (χ1) is 11.5. The zero-order chi connectivity index (χ0) is 17.7. The van der Waals surface area contributed by atoms with Gasteiger partial charge >= 0.3 is 6.03 Å². The molecule has 1 saturated heterocycles. The van der Waals surface area contributed by atoms with Gasteiger partial charge in [-0.05, 0) is 38.0 Å². The number of likely N-dealkylation sites (tertiary alicyclic amines) is 1. The topological polar surface area (TPSA) is 93.9 Å². The lowest BCUT2D eigenvalue weighted by Crippen LogP contribution is -2.46. The van der Waals surface area contributed by atoms with E-state index in [1.807, 2.05) is 25.1 Å². The van der Waals surface area contributed by atoms with Crippen molar-refractivity contribution in [3.05, 3.63) is 23.8 Å². The summed E-state index contributed by atoms with van der Waals surface area (Å²) in [5.74, 6) is 0.972. The van der Waals surface area contributed by atoms with E-state index in [2.05, 4.69) is 5.32 Å². The van der Waals surface area contributed by atoms with Gasteiger partial charge in [-0.15, -0.1) is 0 Å². The van der Waals surface area contributed by atoms with E-state index < -0.39 is 0 Å². The van der Waals surface area contributed by atoms with Crippen LogP contribution in [0.2, 0.25) is 0 Å². The minimum absolute atomic E-state index is 0.134. The Bertz CT molecular complexity index is 597. The van der Waals surface area contributed by atoms with Gasteiger partial charge in [0.2, 0.25) is 5.91 Å². The molecule has 1 fully saturated rings. The number of rotatable bonds is 5. The van der Waals surface area contributed by atoms with Gasteiger partial charge < -0.3 is 25.4 Å². The number of methoxy groups -OCH3 is 2. The molecule has 7 heteroatoms. The van der Waals surface area contributed by atoms with Crippen LogP contribution in [0.3, 0.4) is 0 Å². The molecule has 3 amide bonds. The highest BCUT2D eigenvalue weighted by Crippen LogP contribution is 2.29. The van der Waals surface area contributed by atoms with Crippen LogP contribution in [0.4, 0.5) is 4.79 Å².